The largest absolute Gasteiger partial charge is 0.493 e. The van der Waals surface area contributed by atoms with Crippen LogP contribution in [0.3, 0.4) is 0 Å². The van der Waals surface area contributed by atoms with Gasteiger partial charge in [-0.2, -0.15) is 0 Å². The molecule has 0 radical (unpaired) electrons. The second-order valence-electron chi connectivity index (χ2n) is 6.36. The average Bonchev–Trinajstić information content (AvgIpc) is 2.85. The number of nitrogens with zero attached hydrogens (tertiary/aromatic N) is 2. The van der Waals surface area contributed by atoms with Gasteiger partial charge in [-0.15, -0.1) is 0 Å². The summed E-state index contributed by atoms with van der Waals surface area (Å²) in [4.78, 5) is 7.04. The Balaban J connectivity index is 1.77. The molecule has 2 saturated heterocycles. The molecule has 1 atom stereocenters. The molecule has 5 nitrogen and oxygen atoms in total. The minimum Gasteiger partial charge on any atom is -0.493 e. The van der Waals surface area contributed by atoms with Crippen molar-refractivity contribution < 1.29 is 14.2 Å². The smallest absolute Gasteiger partial charge is 0.183 e. The Morgan fingerprint density at radius 3 is 2.73 bits per heavy atom. The van der Waals surface area contributed by atoms with Crippen LogP contribution in [0.25, 0.3) is 0 Å². The number of ether oxygens (including phenoxy) is 3. The fraction of sp³-hybridized carbons (Fsp3) is 0.706. The van der Waals surface area contributed by atoms with Gasteiger partial charge < -0.3 is 14.2 Å². The van der Waals surface area contributed by atoms with Crippen LogP contribution in [0.15, 0.2) is 12.3 Å². The molecule has 2 aliphatic heterocycles. The summed E-state index contributed by atoms with van der Waals surface area (Å²) in [5.74, 6) is 1.50. The van der Waals surface area contributed by atoms with Gasteiger partial charge in [0.1, 0.15) is 5.69 Å². The summed E-state index contributed by atoms with van der Waals surface area (Å²) in [5.41, 5.74) is 1.38. The molecule has 0 N–H and O–H groups in total. The number of pyridine rings is 1. The molecule has 1 unspecified atom stereocenters. The quantitative estimate of drug-likeness (QED) is 0.855. The first-order valence-corrected chi connectivity index (χ1v) is 8.08. The van der Waals surface area contributed by atoms with E-state index in [4.69, 9.17) is 14.2 Å². The van der Waals surface area contributed by atoms with Crippen LogP contribution in [-0.2, 0) is 11.3 Å². The summed E-state index contributed by atoms with van der Waals surface area (Å²) >= 11 is 0. The van der Waals surface area contributed by atoms with Crippen LogP contribution in [0.1, 0.15) is 31.9 Å². The topological polar surface area (TPSA) is 43.8 Å². The number of rotatable bonds is 4. The number of aromatic nitrogens is 1. The standard InChI is InChI=1S/C17H26N2O3/c1-13-17(6-10-22-11-7-17)5-9-19(13)12-14-16(21-3)15(20-2)4-8-18-14/h4,8,13H,5-7,9-12H2,1-3H3. The number of methoxy groups -OCH3 is 2. The molecule has 2 aliphatic rings. The summed E-state index contributed by atoms with van der Waals surface area (Å²) in [6.07, 6.45) is 5.39. The molecule has 1 aromatic rings. The predicted octanol–water partition coefficient (Wildman–Crippen LogP) is 2.49. The molecule has 0 aromatic carbocycles. The Bertz CT molecular complexity index is 515. The Morgan fingerprint density at radius 1 is 1.27 bits per heavy atom. The third-order valence-corrected chi connectivity index (χ3v) is 5.54. The van der Waals surface area contributed by atoms with E-state index in [-0.39, 0.29) is 0 Å². The van der Waals surface area contributed by atoms with E-state index in [2.05, 4.69) is 16.8 Å². The van der Waals surface area contributed by atoms with E-state index >= 15 is 0 Å². The van der Waals surface area contributed by atoms with E-state index in [0.29, 0.717) is 11.5 Å². The Hall–Kier alpha value is -1.33. The highest BCUT2D eigenvalue weighted by molar-refractivity contribution is 5.42. The Morgan fingerprint density at radius 2 is 2.05 bits per heavy atom. The minimum atomic E-state index is 0.421. The summed E-state index contributed by atoms with van der Waals surface area (Å²) in [6, 6.07) is 2.39. The van der Waals surface area contributed by atoms with Crippen molar-refractivity contribution in [3.63, 3.8) is 0 Å². The van der Waals surface area contributed by atoms with Gasteiger partial charge in [0, 0.05) is 38.1 Å². The molecular formula is C17H26N2O3. The Labute approximate surface area is 132 Å². The van der Waals surface area contributed by atoms with E-state index < -0.39 is 0 Å². The highest BCUT2D eigenvalue weighted by Gasteiger charge is 2.45. The molecule has 0 aliphatic carbocycles. The van der Waals surface area contributed by atoms with Crippen LogP contribution >= 0.6 is 0 Å². The van der Waals surface area contributed by atoms with Crippen LogP contribution in [-0.4, -0.2) is 49.9 Å². The summed E-state index contributed by atoms with van der Waals surface area (Å²) in [7, 11) is 3.34. The van der Waals surface area contributed by atoms with Crippen molar-refractivity contribution in [2.24, 2.45) is 5.41 Å². The lowest BCUT2D eigenvalue weighted by molar-refractivity contribution is -0.00168. The highest BCUT2D eigenvalue weighted by Crippen LogP contribution is 2.45. The third-order valence-electron chi connectivity index (χ3n) is 5.54. The maximum absolute atomic E-state index is 5.56. The van der Waals surface area contributed by atoms with Crippen LogP contribution < -0.4 is 9.47 Å². The summed E-state index contributed by atoms with van der Waals surface area (Å²) in [5, 5.41) is 0. The lowest BCUT2D eigenvalue weighted by atomic mass is 9.74. The molecule has 2 fully saturated rings. The van der Waals surface area contributed by atoms with Gasteiger partial charge in [-0.3, -0.25) is 9.88 Å². The van der Waals surface area contributed by atoms with E-state index in [9.17, 15) is 0 Å². The summed E-state index contributed by atoms with van der Waals surface area (Å²) < 4.78 is 16.5. The van der Waals surface area contributed by atoms with Gasteiger partial charge in [0.25, 0.3) is 0 Å². The van der Waals surface area contributed by atoms with Crippen LogP contribution in [0, 0.1) is 5.41 Å². The third kappa shape index (κ3) is 2.68. The van der Waals surface area contributed by atoms with Crippen molar-refractivity contribution in [3.8, 4) is 11.5 Å². The second kappa shape index (κ2) is 6.42. The zero-order chi connectivity index (χ0) is 15.6. The first-order valence-electron chi connectivity index (χ1n) is 8.08. The van der Waals surface area contributed by atoms with Crippen LogP contribution in [0.5, 0.6) is 11.5 Å². The number of hydrogen-bond donors (Lipinski definition) is 0. The van der Waals surface area contributed by atoms with Gasteiger partial charge >= 0.3 is 0 Å². The van der Waals surface area contributed by atoms with Crippen LogP contribution in [0.2, 0.25) is 0 Å². The molecule has 1 aromatic heterocycles. The van der Waals surface area contributed by atoms with Crippen molar-refractivity contribution in [2.75, 3.05) is 34.0 Å². The molecule has 0 saturated carbocycles. The zero-order valence-electron chi connectivity index (χ0n) is 13.8. The average molecular weight is 306 g/mol. The molecule has 22 heavy (non-hydrogen) atoms. The fourth-order valence-corrected chi connectivity index (χ4v) is 3.97. The maximum Gasteiger partial charge on any atom is 0.183 e. The van der Waals surface area contributed by atoms with E-state index in [0.717, 1.165) is 43.5 Å². The van der Waals surface area contributed by atoms with Crippen molar-refractivity contribution in [1.29, 1.82) is 0 Å². The SMILES string of the molecule is COc1ccnc(CN2CCC3(CCOCC3)C2C)c1OC. The number of likely N-dealkylation sites (tertiary alicyclic amines) is 1. The van der Waals surface area contributed by atoms with E-state index in [1.54, 1.807) is 20.4 Å². The lowest BCUT2D eigenvalue weighted by Gasteiger charge is -2.39. The molecule has 1 spiro atoms. The maximum atomic E-state index is 5.56. The fourth-order valence-electron chi connectivity index (χ4n) is 3.97. The molecule has 122 valence electrons. The van der Waals surface area contributed by atoms with Gasteiger partial charge in [0.05, 0.1) is 14.2 Å². The molecule has 0 amide bonds. The normalized spacial score (nSPS) is 24.6. The first kappa shape index (κ1) is 15.6. The molecular weight excluding hydrogens is 280 g/mol. The zero-order valence-corrected chi connectivity index (χ0v) is 13.8. The predicted molar refractivity (Wildman–Crippen MR) is 84.3 cm³/mol. The van der Waals surface area contributed by atoms with Gasteiger partial charge in [-0.1, -0.05) is 0 Å². The monoisotopic (exact) mass is 306 g/mol. The van der Waals surface area contributed by atoms with Gasteiger partial charge in [0.2, 0.25) is 0 Å². The highest BCUT2D eigenvalue weighted by atomic mass is 16.5. The minimum absolute atomic E-state index is 0.421. The van der Waals surface area contributed by atoms with Crippen molar-refractivity contribution in [3.05, 3.63) is 18.0 Å². The first-order chi connectivity index (χ1) is 10.7. The van der Waals surface area contributed by atoms with Crippen molar-refractivity contribution in [1.82, 2.24) is 9.88 Å². The number of hydrogen-bond acceptors (Lipinski definition) is 5. The summed E-state index contributed by atoms with van der Waals surface area (Å²) in [6.45, 7) is 6.08. The van der Waals surface area contributed by atoms with Gasteiger partial charge in [-0.25, -0.2) is 0 Å². The van der Waals surface area contributed by atoms with Crippen molar-refractivity contribution in [2.45, 2.75) is 38.8 Å². The van der Waals surface area contributed by atoms with Crippen molar-refractivity contribution >= 4 is 0 Å². The lowest BCUT2D eigenvalue weighted by Crippen LogP contribution is -2.40. The molecule has 3 heterocycles. The Kier molecular flexibility index (Phi) is 4.54. The molecule has 5 heteroatoms. The van der Waals surface area contributed by atoms with Crippen LogP contribution in [0.4, 0.5) is 0 Å². The second-order valence-corrected chi connectivity index (χ2v) is 6.36. The van der Waals surface area contributed by atoms with Gasteiger partial charge in [-0.05, 0) is 38.1 Å². The molecule has 0 bridgehead atoms. The molecule has 3 rings (SSSR count). The van der Waals surface area contributed by atoms with E-state index in [1.165, 1.54) is 19.3 Å². The van der Waals surface area contributed by atoms with Gasteiger partial charge in [0.15, 0.2) is 11.5 Å². The van der Waals surface area contributed by atoms with E-state index in [1.807, 2.05) is 6.07 Å².